The number of hydrogen-bond acceptors (Lipinski definition) is 7. The van der Waals surface area contributed by atoms with Crippen molar-refractivity contribution < 1.29 is 22.7 Å². The molecule has 0 unspecified atom stereocenters. The molecule has 1 aliphatic heterocycles. The van der Waals surface area contributed by atoms with E-state index in [1.807, 2.05) is 6.07 Å². The SMILES string of the molecule is CCOC(=O)CS(=O)(=O)N(CC=Cc1cccc(C#N)c1)c1ccc(OC2CCN(CC)CC2)c(Cl)c1. The molecule has 2 aromatic carbocycles. The second kappa shape index (κ2) is 13.5. The van der Waals surface area contributed by atoms with Crippen molar-refractivity contribution in [3.05, 3.63) is 64.7 Å². The minimum atomic E-state index is -4.08. The van der Waals surface area contributed by atoms with Gasteiger partial charge in [0, 0.05) is 13.1 Å². The number of halogens is 1. The van der Waals surface area contributed by atoms with Gasteiger partial charge in [-0.2, -0.15) is 5.26 Å². The maximum absolute atomic E-state index is 13.2. The minimum absolute atomic E-state index is 0.0434. The smallest absolute Gasteiger partial charge is 0.323 e. The summed E-state index contributed by atoms with van der Waals surface area (Å²) in [5, 5.41) is 9.39. The first-order valence-corrected chi connectivity index (χ1v) is 14.3. The summed E-state index contributed by atoms with van der Waals surface area (Å²) >= 11 is 6.52. The standard InChI is InChI=1S/C27H32ClN3O5S/c1-3-30-15-12-24(13-16-30)36-26-11-10-23(18-25(26)28)31(37(33,34)20-27(32)35-4-2)14-6-9-21-7-5-8-22(17-21)19-29/h5-11,17-18,24H,3-4,12-16,20H2,1-2H3. The molecule has 8 nitrogen and oxygen atoms in total. The summed E-state index contributed by atoms with van der Waals surface area (Å²) in [6.45, 7) is 6.71. The van der Waals surface area contributed by atoms with Crippen molar-refractivity contribution in [3.63, 3.8) is 0 Å². The van der Waals surface area contributed by atoms with Crippen LogP contribution in [0.1, 0.15) is 37.8 Å². The Labute approximate surface area is 224 Å². The van der Waals surface area contributed by atoms with E-state index >= 15 is 0 Å². The Morgan fingerprint density at radius 1 is 1.22 bits per heavy atom. The number of benzene rings is 2. The lowest BCUT2D eigenvalue weighted by atomic mass is 10.1. The quantitative estimate of drug-likeness (QED) is 0.383. The van der Waals surface area contributed by atoms with Gasteiger partial charge in [0.05, 0.1) is 35.5 Å². The van der Waals surface area contributed by atoms with Gasteiger partial charge in [0.25, 0.3) is 0 Å². The Balaban J connectivity index is 1.82. The number of hydrogen-bond donors (Lipinski definition) is 0. The van der Waals surface area contributed by atoms with Crippen LogP contribution in [-0.2, 0) is 19.6 Å². The van der Waals surface area contributed by atoms with E-state index < -0.39 is 21.7 Å². The maximum atomic E-state index is 13.2. The zero-order chi connectivity index (χ0) is 26.8. The predicted molar refractivity (Wildman–Crippen MR) is 145 cm³/mol. The molecule has 10 heteroatoms. The van der Waals surface area contributed by atoms with Gasteiger partial charge in [-0.05, 0) is 62.2 Å². The van der Waals surface area contributed by atoms with E-state index in [1.165, 1.54) is 6.07 Å². The Hall–Kier alpha value is -3.06. The first kappa shape index (κ1) is 28.5. The highest BCUT2D eigenvalue weighted by atomic mass is 35.5. The van der Waals surface area contributed by atoms with E-state index in [2.05, 4.69) is 17.9 Å². The lowest BCUT2D eigenvalue weighted by Gasteiger charge is -2.31. The molecule has 1 saturated heterocycles. The number of anilines is 1. The van der Waals surface area contributed by atoms with Gasteiger partial charge in [0.1, 0.15) is 11.9 Å². The fraction of sp³-hybridized carbons (Fsp3) is 0.407. The normalized spacial score (nSPS) is 14.9. The van der Waals surface area contributed by atoms with E-state index in [-0.39, 0.29) is 24.3 Å². The fourth-order valence-electron chi connectivity index (χ4n) is 4.07. The van der Waals surface area contributed by atoms with Gasteiger partial charge in [-0.25, -0.2) is 8.42 Å². The van der Waals surface area contributed by atoms with Crippen LogP contribution in [0.15, 0.2) is 48.5 Å². The molecule has 0 radical (unpaired) electrons. The average Bonchev–Trinajstić information content (AvgIpc) is 2.88. The van der Waals surface area contributed by atoms with Gasteiger partial charge < -0.3 is 14.4 Å². The van der Waals surface area contributed by atoms with E-state index in [0.29, 0.717) is 17.0 Å². The highest BCUT2D eigenvalue weighted by Crippen LogP contribution is 2.32. The summed E-state index contributed by atoms with van der Waals surface area (Å²) in [5.41, 5.74) is 1.55. The third kappa shape index (κ3) is 8.22. The van der Waals surface area contributed by atoms with Gasteiger partial charge in [-0.1, -0.05) is 42.8 Å². The van der Waals surface area contributed by atoms with Crippen molar-refractivity contribution in [3.8, 4) is 11.8 Å². The molecule has 198 valence electrons. The number of piperidine rings is 1. The van der Waals surface area contributed by atoms with Crippen molar-refractivity contribution in [2.24, 2.45) is 0 Å². The molecule has 3 rings (SSSR count). The molecular weight excluding hydrogens is 514 g/mol. The van der Waals surface area contributed by atoms with E-state index in [4.69, 9.17) is 26.3 Å². The van der Waals surface area contributed by atoms with Crippen LogP contribution in [0.5, 0.6) is 5.75 Å². The van der Waals surface area contributed by atoms with Crippen LogP contribution >= 0.6 is 11.6 Å². The lowest BCUT2D eigenvalue weighted by molar-refractivity contribution is -0.139. The zero-order valence-corrected chi connectivity index (χ0v) is 22.7. The zero-order valence-electron chi connectivity index (χ0n) is 21.1. The van der Waals surface area contributed by atoms with E-state index in [1.54, 1.807) is 49.4 Å². The monoisotopic (exact) mass is 545 g/mol. The fourth-order valence-corrected chi connectivity index (χ4v) is 5.57. The van der Waals surface area contributed by atoms with Crippen LogP contribution in [0.4, 0.5) is 5.69 Å². The highest BCUT2D eigenvalue weighted by Gasteiger charge is 2.27. The molecule has 2 aromatic rings. The van der Waals surface area contributed by atoms with Crippen LogP contribution < -0.4 is 9.04 Å². The third-order valence-corrected chi connectivity index (χ3v) is 7.94. The van der Waals surface area contributed by atoms with Gasteiger partial charge in [0.15, 0.2) is 5.75 Å². The van der Waals surface area contributed by atoms with Crippen LogP contribution in [0.2, 0.25) is 5.02 Å². The second-order valence-electron chi connectivity index (χ2n) is 8.60. The molecule has 0 aliphatic carbocycles. The van der Waals surface area contributed by atoms with Crippen molar-refractivity contribution in [1.29, 1.82) is 5.26 Å². The third-order valence-electron chi connectivity index (χ3n) is 6.02. The lowest BCUT2D eigenvalue weighted by Crippen LogP contribution is -2.38. The molecule has 0 saturated carbocycles. The van der Waals surface area contributed by atoms with E-state index in [9.17, 15) is 13.2 Å². The average molecular weight is 546 g/mol. The van der Waals surface area contributed by atoms with Gasteiger partial charge >= 0.3 is 5.97 Å². The summed E-state index contributed by atoms with van der Waals surface area (Å²) in [5.74, 6) is -1.14. The first-order valence-electron chi connectivity index (χ1n) is 12.3. The summed E-state index contributed by atoms with van der Waals surface area (Å²) < 4.78 is 38.5. The topological polar surface area (TPSA) is 99.9 Å². The van der Waals surface area contributed by atoms with Crippen LogP contribution in [0.25, 0.3) is 6.08 Å². The molecule has 0 bridgehead atoms. The maximum Gasteiger partial charge on any atom is 0.323 e. The summed E-state index contributed by atoms with van der Waals surface area (Å²) in [4.78, 5) is 14.4. The van der Waals surface area contributed by atoms with E-state index in [0.717, 1.165) is 42.3 Å². The Morgan fingerprint density at radius 3 is 2.62 bits per heavy atom. The number of carbonyl (C=O) groups excluding carboxylic acids is 1. The Bertz CT molecular complexity index is 1250. The summed E-state index contributed by atoms with van der Waals surface area (Å²) in [6.07, 6.45) is 5.20. The van der Waals surface area contributed by atoms with Crippen LogP contribution in [-0.4, -0.2) is 63.9 Å². The van der Waals surface area contributed by atoms with Crippen molar-refractivity contribution >= 4 is 39.4 Å². The number of likely N-dealkylation sites (tertiary alicyclic amines) is 1. The number of esters is 1. The molecule has 0 atom stereocenters. The van der Waals surface area contributed by atoms with Crippen molar-refractivity contribution in [2.45, 2.75) is 32.8 Å². The number of sulfonamides is 1. The number of ether oxygens (including phenoxy) is 2. The van der Waals surface area contributed by atoms with Gasteiger partial charge in [-0.15, -0.1) is 0 Å². The van der Waals surface area contributed by atoms with Crippen molar-refractivity contribution in [1.82, 2.24) is 4.90 Å². The largest absolute Gasteiger partial charge is 0.489 e. The molecule has 1 fully saturated rings. The second-order valence-corrected chi connectivity index (χ2v) is 10.9. The summed E-state index contributed by atoms with van der Waals surface area (Å²) in [6, 6.07) is 13.8. The molecule has 0 N–H and O–H groups in total. The molecule has 1 heterocycles. The number of nitriles is 1. The van der Waals surface area contributed by atoms with Gasteiger partial charge in [0.2, 0.25) is 10.0 Å². The number of carbonyl (C=O) groups is 1. The molecular formula is C27H32ClN3O5S. The molecule has 37 heavy (non-hydrogen) atoms. The van der Waals surface area contributed by atoms with Gasteiger partial charge in [-0.3, -0.25) is 9.10 Å². The molecule has 0 spiro atoms. The van der Waals surface area contributed by atoms with Crippen LogP contribution in [0, 0.1) is 11.3 Å². The first-order chi connectivity index (χ1) is 17.7. The van der Waals surface area contributed by atoms with Crippen LogP contribution in [0.3, 0.4) is 0 Å². The molecule has 1 aliphatic rings. The molecule has 0 aromatic heterocycles. The number of rotatable bonds is 11. The number of nitrogens with zero attached hydrogens (tertiary/aromatic N) is 3. The highest BCUT2D eigenvalue weighted by molar-refractivity contribution is 7.93. The molecule has 0 amide bonds. The Morgan fingerprint density at radius 2 is 1.97 bits per heavy atom. The summed E-state index contributed by atoms with van der Waals surface area (Å²) in [7, 11) is -4.08. The minimum Gasteiger partial charge on any atom is -0.489 e. The Kier molecular flexibility index (Phi) is 10.4. The van der Waals surface area contributed by atoms with Crippen molar-refractivity contribution in [2.75, 3.05) is 42.8 Å². The predicted octanol–water partition coefficient (Wildman–Crippen LogP) is 4.49.